The quantitative estimate of drug-likeness (QED) is 0.803. The Morgan fingerprint density at radius 2 is 1.86 bits per heavy atom. The van der Waals surface area contributed by atoms with Crippen LogP contribution in [0.15, 0.2) is 48.5 Å². The van der Waals surface area contributed by atoms with Crippen LogP contribution < -0.4 is 11.1 Å². The average molecular weight is 319 g/mol. The molecule has 118 valence electrons. The van der Waals surface area contributed by atoms with E-state index in [9.17, 15) is 4.79 Å². The Morgan fingerprint density at radius 3 is 2.59 bits per heavy atom. The molecule has 0 aliphatic heterocycles. The maximum atomic E-state index is 11.8. The van der Waals surface area contributed by atoms with E-state index >= 15 is 0 Å². The number of nitrogens with two attached hydrogens (primary N) is 1. The maximum Gasteiger partial charge on any atom is 0.220 e. The molecular formula is C18H23ClN2O. The number of benzene rings is 2. The molecule has 2 aromatic carbocycles. The number of hydrogen-bond acceptors (Lipinski definition) is 2. The van der Waals surface area contributed by atoms with Crippen molar-refractivity contribution >= 4 is 24.0 Å². The molecule has 0 atom stereocenters. The summed E-state index contributed by atoms with van der Waals surface area (Å²) in [5, 5.41) is 2.96. The van der Waals surface area contributed by atoms with E-state index in [1.807, 2.05) is 30.3 Å². The van der Waals surface area contributed by atoms with Gasteiger partial charge in [0, 0.05) is 18.7 Å². The van der Waals surface area contributed by atoms with E-state index in [1.54, 1.807) is 0 Å². The zero-order chi connectivity index (χ0) is 15.1. The predicted octanol–water partition coefficient (Wildman–Crippen LogP) is 3.29. The van der Waals surface area contributed by atoms with E-state index < -0.39 is 0 Å². The molecule has 22 heavy (non-hydrogen) atoms. The number of nitrogens with one attached hydrogen (secondary N) is 1. The summed E-state index contributed by atoms with van der Waals surface area (Å²) in [6.45, 7) is 2.75. The lowest BCUT2D eigenvalue weighted by Gasteiger charge is -2.07. The predicted molar refractivity (Wildman–Crippen MR) is 94.3 cm³/mol. The Morgan fingerprint density at radius 1 is 1.09 bits per heavy atom. The normalized spacial score (nSPS) is 9.86. The van der Waals surface area contributed by atoms with Crippen LogP contribution >= 0.6 is 12.4 Å². The van der Waals surface area contributed by atoms with Gasteiger partial charge in [-0.1, -0.05) is 48.0 Å². The van der Waals surface area contributed by atoms with Crippen LogP contribution in [0.2, 0.25) is 0 Å². The highest BCUT2D eigenvalue weighted by molar-refractivity contribution is 5.85. The third kappa shape index (κ3) is 5.78. The highest BCUT2D eigenvalue weighted by Crippen LogP contribution is 2.12. The lowest BCUT2D eigenvalue weighted by atomic mass is 10.1. The van der Waals surface area contributed by atoms with Crippen molar-refractivity contribution in [1.29, 1.82) is 0 Å². The number of hydrogen-bond donors (Lipinski definition) is 2. The van der Waals surface area contributed by atoms with Gasteiger partial charge in [0.05, 0.1) is 0 Å². The van der Waals surface area contributed by atoms with Gasteiger partial charge in [0.2, 0.25) is 5.91 Å². The molecule has 2 aromatic rings. The van der Waals surface area contributed by atoms with Crippen molar-refractivity contribution in [3.8, 4) is 0 Å². The minimum Gasteiger partial charge on any atom is -0.399 e. The molecule has 0 heterocycles. The maximum absolute atomic E-state index is 11.8. The molecule has 3 N–H and O–H groups in total. The Bertz CT molecular complexity index is 614. The summed E-state index contributed by atoms with van der Waals surface area (Å²) in [5.41, 5.74) is 10.2. The zero-order valence-electron chi connectivity index (χ0n) is 12.8. The van der Waals surface area contributed by atoms with E-state index in [4.69, 9.17) is 5.73 Å². The van der Waals surface area contributed by atoms with Gasteiger partial charge in [0.15, 0.2) is 0 Å². The number of anilines is 1. The zero-order valence-corrected chi connectivity index (χ0v) is 13.7. The second-order valence-corrected chi connectivity index (χ2v) is 5.29. The van der Waals surface area contributed by atoms with Crippen LogP contribution in [-0.4, -0.2) is 12.5 Å². The van der Waals surface area contributed by atoms with Crippen LogP contribution in [0.25, 0.3) is 0 Å². The summed E-state index contributed by atoms with van der Waals surface area (Å²) >= 11 is 0. The highest BCUT2D eigenvalue weighted by Gasteiger charge is 2.04. The number of rotatable bonds is 6. The molecule has 0 spiro atoms. The molecule has 0 unspecified atom stereocenters. The van der Waals surface area contributed by atoms with Crippen molar-refractivity contribution in [2.45, 2.75) is 26.2 Å². The van der Waals surface area contributed by atoms with Crippen molar-refractivity contribution in [3.05, 3.63) is 65.2 Å². The molecular weight excluding hydrogens is 296 g/mol. The number of aryl methyl sites for hydroxylation is 2. The minimum atomic E-state index is 0. The fraction of sp³-hybridized carbons (Fsp3) is 0.278. The summed E-state index contributed by atoms with van der Waals surface area (Å²) < 4.78 is 0. The lowest BCUT2D eigenvalue weighted by molar-refractivity contribution is -0.121. The highest BCUT2D eigenvalue weighted by atomic mass is 35.5. The molecule has 0 aromatic heterocycles. The topological polar surface area (TPSA) is 55.1 Å². The van der Waals surface area contributed by atoms with Crippen LogP contribution in [0.1, 0.15) is 23.1 Å². The third-order valence-electron chi connectivity index (χ3n) is 3.49. The van der Waals surface area contributed by atoms with Gasteiger partial charge in [-0.2, -0.15) is 0 Å². The number of amides is 1. The van der Waals surface area contributed by atoms with E-state index in [-0.39, 0.29) is 18.3 Å². The van der Waals surface area contributed by atoms with E-state index in [0.29, 0.717) is 19.4 Å². The van der Waals surface area contributed by atoms with E-state index in [1.165, 1.54) is 11.1 Å². The van der Waals surface area contributed by atoms with E-state index in [2.05, 4.69) is 30.4 Å². The fourth-order valence-corrected chi connectivity index (χ4v) is 2.31. The molecule has 0 fully saturated rings. The SMILES string of the molecule is Cc1cccc(CCNC(=O)CCc2ccccc2N)c1.Cl. The molecule has 0 aliphatic carbocycles. The molecule has 0 aliphatic rings. The van der Waals surface area contributed by atoms with Crippen LogP contribution in [0, 0.1) is 6.92 Å². The Kier molecular flexibility index (Phi) is 7.47. The van der Waals surface area contributed by atoms with Gasteiger partial charge in [0.25, 0.3) is 0 Å². The first kappa shape index (κ1) is 18.1. The summed E-state index contributed by atoms with van der Waals surface area (Å²) in [7, 11) is 0. The first-order chi connectivity index (χ1) is 10.1. The Balaban J connectivity index is 0.00000242. The van der Waals surface area contributed by atoms with Crippen LogP contribution in [-0.2, 0) is 17.6 Å². The molecule has 0 bridgehead atoms. The average Bonchev–Trinajstić information content (AvgIpc) is 2.46. The van der Waals surface area contributed by atoms with Crippen LogP contribution in [0.4, 0.5) is 5.69 Å². The Hall–Kier alpha value is -2.00. The Labute approximate surface area is 138 Å². The van der Waals surface area contributed by atoms with Crippen molar-refractivity contribution in [1.82, 2.24) is 5.32 Å². The van der Waals surface area contributed by atoms with Crippen LogP contribution in [0.5, 0.6) is 0 Å². The summed E-state index contributed by atoms with van der Waals surface area (Å²) in [4.78, 5) is 11.8. The van der Waals surface area contributed by atoms with Gasteiger partial charge in [0.1, 0.15) is 0 Å². The number of para-hydroxylation sites is 1. The van der Waals surface area contributed by atoms with Gasteiger partial charge >= 0.3 is 0 Å². The van der Waals surface area contributed by atoms with Gasteiger partial charge in [-0.15, -0.1) is 12.4 Å². The fourth-order valence-electron chi connectivity index (χ4n) is 2.31. The second kappa shape index (κ2) is 9.11. The van der Waals surface area contributed by atoms with Crippen molar-refractivity contribution in [2.24, 2.45) is 0 Å². The van der Waals surface area contributed by atoms with Gasteiger partial charge in [-0.05, 0) is 37.0 Å². The monoisotopic (exact) mass is 318 g/mol. The van der Waals surface area contributed by atoms with Crippen molar-refractivity contribution < 1.29 is 4.79 Å². The standard InChI is InChI=1S/C18H22N2O.ClH/c1-14-5-4-6-15(13-14)11-12-20-18(21)10-9-16-7-2-3-8-17(16)19;/h2-8,13H,9-12,19H2,1H3,(H,20,21);1H. The molecule has 1 amide bonds. The molecule has 4 heteroatoms. The van der Waals surface area contributed by atoms with Gasteiger partial charge < -0.3 is 11.1 Å². The molecule has 2 rings (SSSR count). The van der Waals surface area contributed by atoms with E-state index in [0.717, 1.165) is 17.7 Å². The van der Waals surface area contributed by atoms with Crippen molar-refractivity contribution in [3.63, 3.8) is 0 Å². The first-order valence-corrected chi connectivity index (χ1v) is 7.31. The van der Waals surface area contributed by atoms with Crippen molar-refractivity contribution in [2.75, 3.05) is 12.3 Å². The number of nitrogen functional groups attached to an aromatic ring is 1. The third-order valence-corrected chi connectivity index (χ3v) is 3.49. The molecule has 0 radical (unpaired) electrons. The number of carbonyl (C=O) groups is 1. The number of carbonyl (C=O) groups excluding carboxylic acids is 1. The molecule has 0 saturated heterocycles. The summed E-state index contributed by atoms with van der Waals surface area (Å²) in [5.74, 6) is 0.0749. The van der Waals surface area contributed by atoms with Gasteiger partial charge in [-0.3, -0.25) is 4.79 Å². The van der Waals surface area contributed by atoms with Crippen LogP contribution in [0.3, 0.4) is 0 Å². The first-order valence-electron chi connectivity index (χ1n) is 7.31. The minimum absolute atomic E-state index is 0. The summed E-state index contributed by atoms with van der Waals surface area (Å²) in [6, 6.07) is 16.0. The lowest BCUT2D eigenvalue weighted by Crippen LogP contribution is -2.25. The smallest absolute Gasteiger partial charge is 0.220 e. The number of halogens is 1. The largest absolute Gasteiger partial charge is 0.399 e. The van der Waals surface area contributed by atoms with Gasteiger partial charge in [-0.25, -0.2) is 0 Å². The second-order valence-electron chi connectivity index (χ2n) is 5.29. The summed E-state index contributed by atoms with van der Waals surface area (Å²) in [6.07, 6.45) is 2.02. The molecule has 3 nitrogen and oxygen atoms in total. The molecule has 0 saturated carbocycles.